The lowest BCUT2D eigenvalue weighted by atomic mass is 9.93. The van der Waals surface area contributed by atoms with Crippen LogP contribution in [0.2, 0.25) is 0 Å². The lowest BCUT2D eigenvalue weighted by molar-refractivity contribution is 0.283. The molecule has 3 heterocycles. The topological polar surface area (TPSA) is 86.2 Å². The first-order valence-corrected chi connectivity index (χ1v) is 9.09. The Morgan fingerprint density at radius 3 is 2.74 bits per heavy atom. The number of aromatic hydroxyl groups is 1. The summed E-state index contributed by atoms with van der Waals surface area (Å²) in [6.45, 7) is 0. The molecule has 1 aromatic carbocycles. The highest BCUT2D eigenvalue weighted by Gasteiger charge is 2.25. The van der Waals surface area contributed by atoms with Gasteiger partial charge < -0.3 is 20.1 Å². The Kier molecular flexibility index (Phi) is 3.47. The summed E-state index contributed by atoms with van der Waals surface area (Å²) < 4.78 is 7.07. The van der Waals surface area contributed by atoms with E-state index in [9.17, 15) is 5.11 Å². The Balaban J connectivity index is 1.76. The minimum atomic E-state index is 0.220. The molecule has 4 aromatic rings. The standard InChI is InChI=1S/C21H20N4O2/c1-27-17-9-8-12(10-23-17)14-6-3-7-15-19(22)18-16(24-20(14)15)11-25(21(18)26)13-4-2-5-13/h3,6-11,13,26H,2,4-5,22H2,1H3. The maximum Gasteiger partial charge on any atom is 0.212 e. The predicted molar refractivity (Wildman–Crippen MR) is 106 cm³/mol. The van der Waals surface area contributed by atoms with Crippen LogP contribution in [0.1, 0.15) is 25.3 Å². The second kappa shape index (κ2) is 5.87. The van der Waals surface area contributed by atoms with Crippen molar-refractivity contribution in [3.63, 3.8) is 0 Å². The third kappa shape index (κ3) is 2.33. The van der Waals surface area contributed by atoms with Gasteiger partial charge >= 0.3 is 0 Å². The van der Waals surface area contributed by atoms with Gasteiger partial charge in [0.15, 0.2) is 0 Å². The largest absolute Gasteiger partial charge is 0.494 e. The molecule has 136 valence electrons. The van der Waals surface area contributed by atoms with Gasteiger partial charge in [0.05, 0.1) is 29.2 Å². The van der Waals surface area contributed by atoms with Crippen LogP contribution < -0.4 is 10.5 Å². The second-order valence-electron chi connectivity index (χ2n) is 7.02. The normalized spacial score (nSPS) is 14.6. The molecule has 5 rings (SSSR count). The number of nitrogens with zero attached hydrogens (tertiary/aromatic N) is 3. The first kappa shape index (κ1) is 15.9. The summed E-state index contributed by atoms with van der Waals surface area (Å²) in [5, 5.41) is 12.2. The highest BCUT2D eigenvalue weighted by atomic mass is 16.5. The van der Waals surface area contributed by atoms with Crippen molar-refractivity contribution in [3.05, 3.63) is 42.7 Å². The lowest BCUT2D eigenvalue weighted by Crippen LogP contribution is -2.15. The smallest absolute Gasteiger partial charge is 0.212 e. The Bertz CT molecular complexity index is 1160. The molecule has 1 aliphatic carbocycles. The fourth-order valence-electron chi connectivity index (χ4n) is 3.82. The van der Waals surface area contributed by atoms with Crippen LogP contribution in [0.5, 0.6) is 11.8 Å². The maximum atomic E-state index is 10.7. The van der Waals surface area contributed by atoms with E-state index in [-0.39, 0.29) is 5.88 Å². The Morgan fingerprint density at radius 2 is 2.07 bits per heavy atom. The summed E-state index contributed by atoms with van der Waals surface area (Å²) in [5.74, 6) is 0.787. The van der Waals surface area contributed by atoms with Gasteiger partial charge in [-0.1, -0.05) is 18.2 Å². The number of aromatic nitrogens is 3. The van der Waals surface area contributed by atoms with Crippen LogP contribution >= 0.6 is 0 Å². The number of anilines is 1. The molecule has 0 spiro atoms. The molecule has 1 saturated carbocycles. The average Bonchev–Trinajstić information content (AvgIpc) is 2.97. The van der Waals surface area contributed by atoms with E-state index in [1.165, 1.54) is 6.42 Å². The van der Waals surface area contributed by atoms with Gasteiger partial charge in [-0.3, -0.25) is 0 Å². The number of benzene rings is 1. The zero-order chi connectivity index (χ0) is 18.5. The molecule has 27 heavy (non-hydrogen) atoms. The zero-order valence-corrected chi connectivity index (χ0v) is 15.0. The average molecular weight is 360 g/mol. The van der Waals surface area contributed by atoms with Crippen LogP contribution in [0.25, 0.3) is 32.9 Å². The van der Waals surface area contributed by atoms with Gasteiger partial charge in [-0.25, -0.2) is 9.97 Å². The van der Waals surface area contributed by atoms with E-state index in [2.05, 4.69) is 4.98 Å². The van der Waals surface area contributed by atoms with Gasteiger partial charge in [0, 0.05) is 41.0 Å². The monoisotopic (exact) mass is 360 g/mol. The van der Waals surface area contributed by atoms with Gasteiger partial charge in [-0.2, -0.15) is 0 Å². The molecule has 1 aliphatic rings. The summed E-state index contributed by atoms with van der Waals surface area (Å²) in [4.78, 5) is 9.16. The molecule has 0 unspecified atom stereocenters. The van der Waals surface area contributed by atoms with Crippen molar-refractivity contribution in [1.82, 2.24) is 14.5 Å². The molecule has 3 N–H and O–H groups in total. The number of para-hydroxylation sites is 1. The summed E-state index contributed by atoms with van der Waals surface area (Å²) in [6, 6.07) is 10.0. The molecule has 1 fully saturated rings. The summed E-state index contributed by atoms with van der Waals surface area (Å²) in [5.41, 5.74) is 10.5. The number of hydrogen-bond acceptors (Lipinski definition) is 5. The summed E-state index contributed by atoms with van der Waals surface area (Å²) >= 11 is 0. The van der Waals surface area contributed by atoms with E-state index < -0.39 is 0 Å². The number of methoxy groups -OCH3 is 1. The Morgan fingerprint density at radius 1 is 1.22 bits per heavy atom. The van der Waals surface area contributed by atoms with Crippen LogP contribution in [-0.4, -0.2) is 26.8 Å². The second-order valence-corrected chi connectivity index (χ2v) is 7.02. The van der Waals surface area contributed by atoms with E-state index in [1.807, 2.05) is 41.1 Å². The van der Waals surface area contributed by atoms with E-state index in [4.69, 9.17) is 15.5 Å². The molecule has 0 bridgehead atoms. The van der Waals surface area contributed by atoms with Crippen LogP contribution in [-0.2, 0) is 0 Å². The van der Waals surface area contributed by atoms with E-state index in [0.717, 1.165) is 40.4 Å². The molecule has 0 atom stereocenters. The molecule has 0 aliphatic heterocycles. The lowest BCUT2D eigenvalue weighted by Gasteiger charge is -2.27. The van der Waals surface area contributed by atoms with Gasteiger partial charge in [0.1, 0.15) is 0 Å². The van der Waals surface area contributed by atoms with Gasteiger partial charge in [0.25, 0.3) is 0 Å². The fraction of sp³-hybridized carbons (Fsp3) is 0.238. The van der Waals surface area contributed by atoms with E-state index >= 15 is 0 Å². The first-order chi connectivity index (χ1) is 13.2. The van der Waals surface area contributed by atoms with Crippen molar-refractivity contribution < 1.29 is 9.84 Å². The molecule has 0 saturated heterocycles. The van der Waals surface area contributed by atoms with Gasteiger partial charge in [-0.05, 0) is 25.3 Å². The molecule has 0 radical (unpaired) electrons. The third-order valence-electron chi connectivity index (χ3n) is 5.54. The Labute approximate surface area is 156 Å². The number of pyridine rings is 2. The number of ether oxygens (including phenoxy) is 1. The molecule has 6 nitrogen and oxygen atoms in total. The number of nitrogen functional groups attached to an aromatic ring is 1. The fourth-order valence-corrected chi connectivity index (χ4v) is 3.82. The quantitative estimate of drug-likeness (QED) is 0.570. The summed E-state index contributed by atoms with van der Waals surface area (Å²) in [7, 11) is 1.60. The maximum absolute atomic E-state index is 10.7. The molecule has 0 amide bonds. The zero-order valence-electron chi connectivity index (χ0n) is 15.0. The van der Waals surface area contributed by atoms with Crippen molar-refractivity contribution in [2.45, 2.75) is 25.3 Å². The predicted octanol–water partition coefficient (Wildman–Crippen LogP) is 4.27. The van der Waals surface area contributed by atoms with Crippen LogP contribution in [0, 0.1) is 0 Å². The SMILES string of the molecule is COc1ccc(-c2cccc3c(N)c4c(O)n(C5CCC5)cc4nc23)cn1. The van der Waals surface area contributed by atoms with Crippen molar-refractivity contribution in [3.8, 4) is 22.9 Å². The van der Waals surface area contributed by atoms with E-state index in [0.29, 0.717) is 23.0 Å². The van der Waals surface area contributed by atoms with Crippen molar-refractivity contribution >= 4 is 27.5 Å². The Hall–Kier alpha value is -3.28. The molecule has 6 heteroatoms. The molecular formula is C21H20N4O2. The van der Waals surface area contributed by atoms with Gasteiger partial charge in [0.2, 0.25) is 11.8 Å². The highest BCUT2D eigenvalue weighted by Crippen LogP contribution is 2.43. The highest BCUT2D eigenvalue weighted by molar-refractivity contribution is 6.12. The molecular weight excluding hydrogens is 340 g/mol. The van der Waals surface area contributed by atoms with Crippen LogP contribution in [0.15, 0.2) is 42.7 Å². The van der Waals surface area contributed by atoms with Crippen molar-refractivity contribution in [2.75, 3.05) is 12.8 Å². The minimum Gasteiger partial charge on any atom is -0.494 e. The third-order valence-corrected chi connectivity index (χ3v) is 5.54. The minimum absolute atomic E-state index is 0.220. The van der Waals surface area contributed by atoms with Crippen molar-refractivity contribution in [1.29, 1.82) is 0 Å². The number of hydrogen-bond donors (Lipinski definition) is 2. The number of nitrogens with two attached hydrogens (primary N) is 1. The number of rotatable bonds is 3. The van der Waals surface area contributed by atoms with Gasteiger partial charge in [-0.15, -0.1) is 0 Å². The summed E-state index contributed by atoms with van der Waals surface area (Å²) in [6.07, 6.45) is 7.05. The van der Waals surface area contributed by atoms with Crippen LogP contribution in [0.4, 0.5) is 5.69 Å². The molecule has 3 aromatic heterocycles. The van der Waals surface area contributed by atoms with E-state index in [1.54, 1.807) is 13.3 Å². The first-order valence-electron chi connectivity index (χ1n) is 9.09. The van der Waals surface area contributed by atoms with Crippen molar-refractivity contribution in [2.24, 2.45) is 0 Å². The van der Waals surface area contributed by atoms with Crippen LogP contribution in [0.3, 0.4) is 0 Å². The number of fused-ring (bicyclic) bond motifs is 2.